The summed E-state index contributed by atoms with van der Waals surface area (Å²) >= 11 is 0. The van der Waals surface area contributed by atoms with Crippen molar-refractivity contribution in [2.45, 2.75) is 45.4 Å². The Labute approximate surface area is 116 Å². The normalized spacial score (nSPS) is 19.8. The standard InChI is InChI=1S/C16H26N2O/c1-2-10-18(16-4-3-9-17-11-16)12-14-5-7-15(13-19)8-6-14/h5-8,16-17,19H,2-4,9-13H2,1H3. The Morgan fingerprint density at radius 3 is 2.58 bits per heavy atom. The third-order valence-corrected chi connectivity index (χ3v) is 3.89. The summed E-state index contributed by atoms with van der Waals surface area (Å²) in [6.07, 6.45) is 3.79. The van der Waals surface area contributed by atoms with Crippen molar-refractivity contribution in [2.24, 2.45) is 0 Å². The maximum atomic E-state index is 9.08. The number of nitrogens with zero attached hydrogens (tertiary/aromatic N) is 1. The molecule has 0 amide bonds. The van der Waals surface area contributed by atoms with E-state index in [1.807, 2.05) is 12.1 Å². The Morgan fingerprint density at radius 2 is 2.00 bits per heavy atom. The highest BCUT2D eigenvalue weighted by Gasteiger charge is 2.20. The zero-order chi connectivity index (χ0) is 13.5. The molecule has 0 aliphatic carbocycles. The van der Waals surface area contributed by atoms with Gasteiger partial charge in [0.15, 0.2) is 0 Å². The molecule has 3 heteroatoms. The average molecular weight is 262 g/mol. The molecule has 1 saturated heterocycles. The summed E-state index contributed by atoms with van der Waals surface area (Å²) in [5.41, 5.74) is 2.33. The van der Waals surface area contributed by atoms with E-state index in [4.69, 9.17) is 5.11 Å². The lowest BCUT2D eigenvalue weighted by atomic mass is 10.0. The first-order valence-corrected chi connectivity index (χ1v) is 7.47. The molecule has 0 radical (unpaired) electrons. The summed E-state index contributed by atoms with van der Waals surface area (Å²) in [6.45, 7) is 6.85. The first kappa shape index (κ1) is 14.5. The highest BCUT2D eigenvalue weighted by Crippen LogP contribution is 2.15. The molecule has 2 N–H and O–H groups in total. The molecular formula is C16H26N2O. The topological polar surface area (TPSA) is 35.5 Å². The van der Waals surface area contributed by atoms with Crippen LogP contribution in [0.15, 0.2) is 24.3 Å². The van der Waals surface area contributed by atoms with Gasteiger partial charge in [-0.2, -0.15) is 0 Å². The quantitative estimate of drug-likeness (QED) is 0.824. The number of nitrogens with one attached hydrogen (secondary N) is 1. The van der Waals surface area contributed by atoms with Gasteiger partial charge in [0.2, 0.25) is 0 Å². The van der Waals surface area contributed by atoms with Crippen LogP contribution in [0.2, 0.25) is 0 Å². The molecule has 1 atom stereocenters. The van der Waals surface area contributed by atoms with Crippen LogP contribution in [0.3, 0.4) is 0 Å². The summed E-state index contributed by atoms with van der Waals surface area (Å²) in [6, 6.07) is 9.01. The first-order valence-electron chi connectivity index (χ1n) is 7.47. The predicted molar refractivity (Wildman–Crippen MR) is 79.0 cm³/mol. The van der Waals surface area contributed by atoms with Crippen LogP contribution in [0.4, 0.5) is 0 Å². The zero-order valence-corrected chi connectivity index (χ0v) is 11.9. The molecule has 3 nitrogen and oxygen atoms in total. The number of hydrogen-bond acceptors (Lipinski definition) is 3. The molecule has 1 fully saturated rings. The Balaban J connectivity index is 1.97. The number of hydrogen-bond donors (Lipinski definition) is 2. The van der Waals surface area contributed by atoms with Gasteiger partial charge in [0.25, 0.3) is 0 Å². The smallest absolute Gasteiger partial charge is 0.0681 e. The molecule has 19 heavy (non-hydrogen) atoms. The fraction of sp³-hybridized carbons (Fsp3) is 0.625. The third-order valence-electron chi connectivity index (χ3n) is 3.89. The van der Waals surface area contributed by atoms with Gasteiger partial charge in [-0.05, 0) is 43.5 Å². The minimum Gasteiger partial charge on any atom is -0.392 e. The third kappa shape index (κ3) is 4.30. The maximum absolute atomic E-state index is 9.08. The fourth-order valence-electron chi connectivity index (χ4n) is 2.81. The Morgan fingerprint density at radius 1 is 1.26 bits per heavy atom. The van der Waals surface area contributed by atoms with Crippen LogP contribution < -0.4 is 5.32 Å². The van der Waals surface area contributed by atoms with E-state index in [1.54, 1.807) is 0 Å². The molecule has 2 rings (SSSR count). The molecule has 1 aliphatic heterocycles. The van der Waals surface area contributed by atoms with E-state index < -0.39 is 0 Å². The lowest BCUT2D eigenvalue weighted by Crippen LogP contribution is -2.45. The van der Waals surface area contributed by atoms with E-state index >= 15 is 0 Å². The van der Waals surface area contributed by atoms with Crippen molar-refractivity contribution in [3.8, 4) is 0 Å². The maximum Gasteiger partial charge on any atom is 0.0681 e. The second-order valence-electron chi connectivity index (χ2n) is 5.45. The van der Waals surface area contributed by atoms with Crippen LogP contribution >= 0.6 is 0 Å². The van der Waals surface area contributed by atoms with Crippen molar-refractivity contribution < 1.29 is 5.11 Å². The Bertz CT molecular complexity index is 358. The van der Waals surface area contributed by atoms with Crippen LogP contribution in [0, 0.1) is 0 Å². The van der Waals surface area contributed by atoms with E-state index in [0.717, 1.165) is 25.2 Å². The molecule has 1 heterocycles. The molecule has 1 unspecified atom stereocenters. The van der Waals surface area contributed by atoms with Crippen molar-refractivity contribution >= 4 is 0 Å². The molecule has 0 saturated carbocycles. The van der Waals surface area contributed by atoms with Gasteiger partial charge in [-0.25, -0.2) is 0 Å². The molecule has 0 bridgehead atoms. The van der Waals surface area contributed by atoms with Crippen molar-refractivity contribution in [1.82, 2.24) is 10.2 Å². The number of benzene rings is 1. The first-order chi connectivity index (χ1) is 9.33. The second kappa shape index (κ2) is 7.63. The summed E-state index contributed by atoms with van der Waals surface area (Å²) < 4.78 is 0. The summed E-state index contributed by atoms with van der Waals surface area (Å²) in [7, 11) is 0. The molecular weight excluding hydrogens is 236 g/mol. The highest BCUT2D eigenvalue weighted by atomic mass is 16.3. The van der Waals surface area contributed by atoms with E-state index in [9.17, 15) is 0 Å². The van der Waals surface area contributed by atoms with Crippen LogP contribution in [-0.4, -0.2) is 35.7 Å². The molecule has 1 aliphatic rings. The summed E-state index contributed by atoms with van der Waals surface area (Å²) in [5.74, 6) is 0. The molecule has 106 valence electrons. The summed E-state index contributed by atoms with van der Waals surface area (Å²) in [4.78, 5) is 2.60. The van der Waals surface area contributed by atoms with Crippen molar-refractivity contribution in [3.63, 3.8) is 0 Å². The van der Waals surface area contributed by atoms with Crippen molar-refractivity contribution in [1.29, 1.82) is 0 Å². The number of rotatable bonds is 6. The van der Waals surface area contributed by atoms with Crippen molar-refractivity contribution in [2.75, 3.05) is 19.6 Å². The van der Waals surface area contributed by atoms with Gasteiger partial charge in [-0.3, -0.25) is 4.90 Å². The van der Waals surface area contributed by atoms with E-state index in [1.165, 1.54) is 31.4 Å². The van der Waals surface area contributed by atoms with Crippen LogP contribution in [0.1, 0.15) is 37.3 Å². The SMILES string of the molecule is CCCN(Cc1ccc(CO)cc1)C1CCCNC1. The summed E-state index contributed by atoms with van der Waals surface area (Å²) in [5, 5.41) is 12.6. The van der Waals surface area contributed by atoms with E-state index in [-0.39, 0.29) is 6.61 Å². The Hall–Kier alpha value is -0.900. The van der Waals surface area contributed by atoms with Gasteiger partial charge in [-0.1, -0.05) is 31.2 Å². The van der Waals surface area contributed by atoms with Gasteiger partial charge in [0.05, 0.1) is 6.61 Å². The second-order valence-corrected chi connectivity index (χ2v) is 5.45. The number of aliphatic hydroxyl groups excluding tert-OH is 1. The number of aliphatic hydroxyl groups is 1. The molecule has 0 aromatic heterocycles. The van der Waals surface area contributed by atoms with Gasteiger partial charge >= 0.3 is 0 Å². The largest absolute Gasteiger partial charge is 0.392 e. The zero-order valence-electron chi connectivity index (χ0n) is 11.9. The van der Waals surface area contributed by atoms with E-state index in [2.05, 4.69) is 29.3 Å². The van der Waals surface area contributed by atoms with Crippen LogP contribution in [0.25, 0.3) is 0 Å². The fourth-order valence-corrected chi connectivity index (χ4v) is 2.81. The van der Waals surface area contributed by atoms with Gasteiger partial charge < -0.3 is 10.4 Å². The van der Waals surface area contributed by atoms with Gasteiger partial charge in [0.1, 0.15) is 0 Å². The minimum absolute atomic E-state index is 0.130. The van der Waals surface area contributed by atoms with Gasteiger partial charge in [0, 0.05) is 19.1 Å². The lowest BCUT2D eigenvalue weighted by molar-refractivity contribution is 0.158. The highest BCUT2D eigenvalue weighted by molar-refractivity contribution is 5.22. The molecule has 0 spiro atoms. The average Bonchev–Trinajstić information content (AvgIpc) is 2.48. The lowest BCUT2D eigenvalue weighted by Gasteiger charge is -2.34. The molecule has 1 aromatic carbocycles. The number of piperidine rings is 1. The van der Waals surface area contributed by atoms with Crippen LogP contribution in [0.5, 0.6) is 0 Å². The van der Waals surface area contributed by atoms with Crippen LogP contribution in [-0.2, 0) is 13.2 Å². The van der Waals surface area contributed by atoms with Gasteiger partial charge in [-0.15, -0.1) is 0 Å². The predicted octanol–water partition coefficient (Wildman–Crippen LogP) is 2.14. The Kier molecular flexibility index (Phi) is 5.83. The minimum atomic E-state index is 0.130. The van der Waals surface area contributed by atoms with Crippen molar-refractivity contribution in [3.05, 3.63) is 35.4 Å². The molecule has 1 aromatic rings. The monoisotopic (exact) mass is 262 g/mol. The van der Waals surface area contributed by atoms with E-state index in [0.29, 0.717) is 6.04 Å².